The molecule has 130 valence electrons. The van der Waals surface area contributed by atoms with E-state index in [9.17, 15) is 0 Å². The molecule has 8 heteroatoms. The van der Waals surface area contributed by atoms with Crippen molar-refractivity contribution in [2.45, 2.75) is 13.5 Å². The maximum atomic E-state index is 7.07. The Morgan fingerprint density at radius 1 is 1.42 bits per heavy atom. The Kier molecular flexibility index (Phi) is 8.56. The van der Waals surface area contributed by atoms with Gasteiger partial charge in [0.05, 0.1) is 7.11 Å². The third-order valence-corrected chi connectivity index (χ3v) is 3.16. The molecular formula is C16H22ClN5O2. The number of nitrogens with two attached hydrogens (primary N) is 1. The molecule has 0 aliphatic heterocycles. The van der Waals surface area contributed by atoms with Gasteiger partial charge in [0.15, 0.2) is 5.84 Å². The number of allylic oxidation sites excluding steroid dienone is 2. The molecule has 0 unspecified atom stereocenters. The summed E-state index contributed by atoms with van der Waals surface area (Å²) in [5.41, 5.74) is 14.4. The Morgan fingerprint density at radius 3 is 2.79 bits per heavy atom. The van der Waals surface area contributed by atoms with E-state index in [1.165, 1.54) is 25.5 Å². The van der Waals surface area contributed by atoms with Crippen LogP contribution in [-0.2, 0) is 16.3 Å². The zero-order chi connectivity index (χ0) is 17.9. The molecule has 1 rings (SSSR count). The molecule has 0 spiro atoms. The number of hydrogen-bond acceptors (Lipinski definition) is 6. The van der Waals surface area contributed by atoms with Crippen LogP contribution in [-0.4, -0.2) is 25.2 Å². The molecule has 0 aliphatic rings. The van der Waals surface area contributed by atoms with Crippen molar-refractivity contribution in [2.75, 3.05) is 14.2 Å². The fraction of sp³-hybridized carbons (Fsp3) is 0.250. The summed E-state index contributed by atoms with van der Waals surface area (Å²) in [6.45, 7) is 2.28. The Hall–Kier alpha value is -2.35. The van der Waals surface area contributed by atoms with Gasteiger partial charge in [0.25, 0.3) is 0 Å². The van der Waals surface area contributed by atoms with Crippen molar-refractivity contribution < 1.29 is 9.68 Å². The molecule has 0 saturated carbocycles. The standard InChI is InChI=1S/C16H22ClN5O2/c1-11-5-4-6-13(16(20-2)22-23-3)14(11)10-24-21-9-12(18)7-8-15(17)19/h4-9,19,21H,10,18H2,1-3H3,(H,20,22)/b8-7-,12-9+,19-15?. The van der Waals surface area contributed by atoms with Crippen LogP contribution in [0.2, 0.25) is 0 Å². The highest BCUT2D eigenvalue weighted by atomic mass is 35.5. The highest BCUT2D eigenvalue weighted by Gasteiger charge is 2.11. The predicted octanol–water partition coefficient (Wildman–Crippen LogP) is 2.12. The third-order valence-electron chi connectivity index (χ3n) is 3.04. The summed E-state index contributed by atoms with van der Waals surface area (Å²) < 4.78 is 0. The number of halogens is 1. The van der Waals surface area contributed by atoms with Crippen LogP contribution in [0.5, 0.6) is 0 Å². The molecule has 0 amide bonds. The zero-order valence-electron chi connectivity index (χ0n) is 13.9. The van der Waals surface area contributed by atoms with Crippen molar-refractivity contribution >= 4 is 22.6 Å². The summed E-state index contributed by atoms with van der Waals surface area (Å²) >= 11 is 5.40. The second-order valence-corrected chi connectivity index (χ2v) is 5.12. The summed E-state index contributed by atoms with van der Waals surface area (Å²) in [6.07, 6.45) is 4.33. The monoisotopic (exact) mass is 351 g/mol. The van der Waals surface area contributed by atoms with Crippen molar-refractivity contribution in [3.05, 3.63) is 58.9 Å². The van der Waals surface area contributed by atoms with Crippen LogP contribution < -0.4 is 16.7 Å². The lowest BCUT2D eigenvalue weighted by atomic mass is 10.0. The van der Waals surface area contributed by atoms with Crippen molar-refractivity contribution in [1.29, 1.82) is 5.41 Å². The van der Waals surface area contributed by atoms with Gasteiger partial charge in [-0.05, 0) is 30.2 Å². The first-order chi connectivity index (χ1) is 11.5. The first-order valence-corrected chi connectivity index (χ1v) is 7.47. The van der Waals surface area contributed by atoms with E-state index in [1.54, 1.807) is 7.05 Å². The molecule has 1 aromatic carbocycles. The maximum absolute atomic E-state index is 7.07. The fourth-order valence-corrected chi connectivity index (χ4v) is 1.94. The van der Waals surface area contributed by atoms with Crippen LogP contribution in [0.1, 0.15) is 16.7 Å². The van der Waals surface area contributed by atoms with Gasteiger partial charge >= 0.3 is 0 Å². The van der Waals surface area contributed by atoms with Crippen LogP contribution in [0.3, 0.4) is 0 Å². The van der Waals surface area contributed by atoms with E-state index in [0.29, 0.717) is 18.1 Å². The number of hydrogen-bond donors (Lipinski definition) is 4. The number of aliphatic imine (C=N–C) groups is 1. The molecule has 0 aromatic heterocycles. The van der Waals surface area contributed by atoms with E-state index < -0.39 is 0 Å². The van der Waals surface area contributed by atoms with Gasteiger partial charge in [-0.3, -0.25) is 25.6 Å². The number of rotatable bonds is 8. The molecule has 0 bridgehead atoms. The normalized spacial score (nSPS) is 12.5. The Morgan fingerprint density at radius 2 is 2.17 bits per heavy atom. The quantitative estimate of drug-likeness (QED) is 0.189. The van der Waals surface area contributed by atoms with Crippen LogP contribution in [0.25, 0.3) is 0 Å². The molecule has 0 radical (unpaired) electrons. The van der Waals surface area contributed by atoms with Gasteiger partial charge in [-0.2, -0.15) is 0 Å². The fourth-order valence-electron chi connectivity index (χ4n) is 1.87. The van der Waals surface area contributed by atoms with E-state index in [4.69, 9.17) is 32.4 Å². The average Bonchev–Trinajstić information content (AvgIpc) is 2.55. The second kappa shape index (κ2) is 10.4. The summed E-state index contributed by atoms with van der Waals surface area (Å²) in [5, 5.41) is 6.97. The smallest absolute Gasteiger partial charge is 0.152 e. The van der Waals surface area contributed by atoms with Crippen molar-refractivity contribution in [3.63, 3.8) is 0 Å². The topological polar surface area (TPSA) is 105 Å². The van der Waals surface area contributed by atoms with E-state index in [0.717, 1.165) is 16.7 Å². The minimum Gasteiger partial charge on any atom is -0.397 e. The van der Waals surface area contributed by atoms with Gasteiger partial charge in [0.1, 0.15) is 11.8 Å². The van der Waals surface area contributed by atoms with Crippen LogP contribution in [0.15, 0.2) is 47.2 Å². The summed E-state index contributed by atoms with van der Waals surface area (Å²) in [4.78, 5) is 14.6. The van der Waals surface area contributed by atoms with Gasteiger partial charge in [0, 0.05) is 24.5 Å². The largest absolute Gasteiger partial charge is 0.397 e. The third kappa shape index (κ3) is 6.41. The number of nitrogens with one attached hydrogen (secondary N) is 3. The molecule has 0 fully saturated rings. The second-order valence-electron chi connectivity index (χ2n) is 4.71. The Balaban J connectivity index is 2.78. The van der Waals surface area contributed by atoms with Gasteiger partial charge in [-0.1, -0.05) is 29.8 Å². The van der Waals surface area contributed by atoms with Gasteiger partial charge in [-0.25, -0.2) is 5.48 Å². The summed E-state index contributed by atoms with van der Waals surface area (Å²) in [5.74, 6) is 0.610. The molecule has 24 heavy (non-hydrogen) atoms. The minimum absolute atomic E-state index is 0.103. The minimum atomic E-state index is -0.103. The maximum Gasteiger partial charge on any atom is 0.152 e. The number of benzene rings is 1. The Labute approximate surface area is 146 Å². The Bertz CT molecular complexity index is 656. The van der Waals surface area contributed by atoms with E-state index >= 15 is 0 Å². The molecule has 0 heterocycles. The number of amidine groups is 1. The lowest BCUT2D eigenvalue weighted by Gasteiger charge is -2.14. The molecule has 0 aliphatic carbocycles. The molecule has 5 N–H and O–H groups in total. The first-order valence-electron chi connectivity index (χ1n) is 7.09. The predicted molar refractivity (Wildman–Crippen MR) is 96.7 cm³/mol. The van der Waals surface area contributed by atoms with Crippen molar-refractivity contribution in [3.8, 4) is 0 Å². The highest BCUT2D eigenvalue weighted by molar-refractivity contribution is 6.67. The SMILES string of the molecule is CN=C(NOC)c1cccc(C)c1CON/C=C(N)\C=C/C(=N)Cl. The van der Waals surface area contributed by atoms with Gasteiger partial charge < -0.3 is 5.73 Å². The van der Waals surface area contributed by atoms with Crippen molar-refractivity contribution in [1.82, 2.24) is 11.0 Å². The first kappa shape index (κ1) is 19.7. The zero-order valence-corrected chi connectivity index (χ0v) is 14.6. The van der Waals surface area contributed by atoms with Crippen LogP contribution in [0, 0.1) is 12.3 Å². The number of nitrogens with zero attached hydrogens (tertiary/aromatic N) is 1. The average molecular weight is 352 g/mol. The van der Waals surface area contributed by atoms with Crippen molar-refractivity contribution in [2.24, 2.45) is 10.7 Å². The van der Waals surface area contributed by atoms with E-state index in [1.807, 2.05) is 25.1 Å². The van der Waals surface area contributed by atoms with Crippen LogP contribution in [0.4, 0.5) is 0 Å². The van der Waals surface area contributed by atoms with E-state index in [2.05, 4.69) is 16.0 Å². The van der Waals surface area contributed by atoms with E-state index in [-0.39, 0.29) is 5.17 Å². The molecule has 1 aromatic rings. The highest BCUT2D eigenvalue weighted by Crippen LogP contribution is 2.15. The summed E-state index contributed by atoms with van der Waals surface area (Å²) in [6, 6.07) is 5.86. The van der Waals surface area contributed by atoms with Gasteiger partial charge in [0.2, 0.25) is 0 Å². The molecule has 0 atom stereocenters. The molecule has 0 saturated heterocycles. The van der Waals surface area contributed by atoms with Crippen LogP contribution >= 0.6 is 11.6 Å². The molecule has 7 nitrogen and oxygen atoms in total. The lowest BCUT2D eigenvalue weighted by molar-refractivity contribution is 0.0566. The lowest BCUT2D eigenvalue weighted by Crippen LogP contribution is -2.25. The molecular weight excluding hydrogens is 330 g/mol. The number of aryl methyl sites for hydroxylation is 1. The summed E-state index contributed by atoms with van der Waals surface area (Å²) in [7, 11) is 3.21. The van der Waals surface area contributed by atoms with Gasteiger partial charge in [-0.15, -0.1) is 0 Å². The number of hydroxylamine groups is 2.